The normalized spacial score (nSPS) is 37.4. The third-order valence-corrected chi connectivity index (χ3v) is 2.72. The van der Waals surface area contributed by atoms with Crippen molar-refractivity contribution in [3.05, 3.63) is 0 Å². The summed E-state index contributed by atoms with van der Waals surface area (Å²) >= 11 is 0. The van der Waals surface area contributed by atoms with Gasteiger partial charge in [0, 0.05) is 7.11 Å². The van der Waals surface area contributed by atoms with Crippen LogP contribution in [0, 0.1) is 0 Å². The monoisotopic (exact) mass is 288 g/mol. The largest absolute Gasteiger partial charge is 0.479 e. The van der Waals surface area contributed by atoms with Gasteiger partial charge in [-0.3, -0.25) is 4.55 Å². The number of aliphatic hydroxyl groups is 2. The SMILES string of the molecule is COC1OC(C(=O)O)C(O)C(O)C1OS(=O)(=O)O. The van der Waals surface area contributed by atoms with Gasteiger partial charge in [-0.1, -0.05) is 0 Å². The van der Waals surface area contributed by atoms with Crippen LogP contribution in [0.4, 0.5) is 0 Å². The van der Waals surface area contributed by atoms with Crippen LogP contribution >= 0.6 is 0 Å². The lowest BCUT2D eigenvalue weighted by molar-refractivity contribution is -0.281. The predicted molar refractivity (Wildman–Crippen MR) is 51.7 cm³/mol. The molecule has 0 aromatic rings. The van der Waals surface area contributed by atoms with Crippen LogP contribution < -0.4 is 0 Å². The van der Waals surface area contributed by atoms with E-state index in [1.165, 1.54) is 0 Å². The van der Waals surface area contributed by atoms with Gasteiger partial charge in [0.05, 0.1) is 0 Å². The van der Waals surface area contributed by atoms with Crippen LogP contribution in [0.3, 0.4) is 0 Å². The van der Waals surface area contributed by atoms with Crippen molar-refractivity contribution in [3.63, 3.8) is 0 Å². The number of hydrogen-bond acceptors (Lipinski definition) is 8. The first-order valence-electron chi connectivity index (χ1n) is 4.60. The summed E-state index contributed by atoms with van der Waals surface area (Å²) in [5, 5.41) is 27.7. The quantitative estimate of drug-likeness (QED) is 0.402. The van der Waals surface area contributed by atoms with Crippen LogP contribution in [0.1, 0.15) is 0 Å². The molecule has 18 heavy (non-hydrogen) atoms. The fourth-order valence-corrected chi connectivity index (χ4v) is 1.96. The lowest BCUT2D eigenvalue weighted by atomic mass is 9.99. The van der Waals surface area contributed by atoms with E-state index in [1.54, 1.807) is 0 Å². The average molecular weight is 288 g/mol. The molecule has 0 spiro atoms. The molecule has 1 aliphatic rings. The number of ether oxygens (including phenoxy) is 2. The second kappa shape index (κ2) is 5.44. The van der Waals surface area contributed by atoms with Crippen LogP contribution in [-0.4, -0.2) is 72.1 Å². The molecule has 106 valence electrons. The molecule has 5 atom stereocenters. The zero-order valence-electron chi connectivity index (χ0n) is 9.03. The summed E-state index contributed by atoms with van der Waals surface area (Å²) in [6.45, 7) is 0. The van der Waals surface area contributed by atoms with Crippen molar-refractivity contribution in [2.75, 3.05) is 7.11 Å². The van der Waals surface area contributed by atoms with E-state index in [-0.39, 0.29) is 0 Å². The minimum atomic E-state index is -4.94. The number of carbonyl (C=O) groups is 1. The third kappa shape index (κ3) is 3.35. The maximum Gasteiger partial charge on any atom is 0.397 e. The van der Waals surface area contributed by atoms with Gasteiger partial charge in [0.15, 0.2) is 18.5 Å². The molecule has 1 saturated heterocycles. The third-order valence-electron chi connectivity index (χ3n) is 2.25. The van der Waals surface area contributed by atoms with E-state index in [0.717, 1.165) is 7.11 Å². The Kier molecular flexibility index (Phi) is 4.61. The highest BCUT2D eigenvalue weighted by atomic mass is 32.3. The molecule has 10 nitrogen and oxygen atoms in total. The minimum absolute atomic E-state index is 1.04. The Balaban J connectivity index is 2.95. The smallest absolute Gasteiger partial charge is 0.397 e. The van der Waals surface area contributed by atoms with E-state index in [2.05, 4.69) is 8.92 Å². The molecule has 0 bridgehead atoms. The Labute approximate surface area is 102 Å². The highest BCUT2D eigenvalue weighted by Crippen LogP contribution is 2.25. The molecular formula is C7H12O10S. The minimum Gasteiger partial charge on any atom is -0.479 e. The summed E-state index contributed by atoms with van der Waals surface area (Å²) in [6, 6.07) is 0. The van der Waals surface area contributed by atoms with Gasteiger partial charge in [0.2, 0.25) is 0 Å². The Bertz CT molecular complexity index is 402. The van der Waals surface area contributed by atoms with Crippen LogP contribution in [0.25, 0.3) is 0 Å². The second-order valence-electron chi connectivity index (χ2n) is 3.47. The van der Waals surface area contributed by atoms with Crippen molar-refractivity contribution >= 4 is 16.4 Å². The summed E-state index contributed by atoms with van der Waals surface area (Å²) in [5.74, 6) is -1.58. The van der Waals surface area contributed by atoms with Gasteiger partial charge >= 0.3 is 16.4 Å². The van der Waals surface area contributed by atoms with Crippen molar-refractivity contribution in [3.8, 4) is 0 Å². The van der Waals surface area contributed by atoms with E-state index in [4.69, 9.17) is 14.4 Å². The molecule has 0 radical (unpaired) electrons. The van der Waals surface area contributed by atoms with Crippen molar-refractivity contribution < 1.29 is 46.7 Å². The molecule has 4 N–H and O–H groups in total. The first-order valence-corrected chi connectivity index (χ1v) is 5.96. The Morgan fingerprint density at radius 2 is 1.83 bits per heavy atom. The average Bonchev–Trinajstić information content (AvgIpc) is 2.23. The van der Waals surface area contributed by atoms with Crippen LogP contribution in [0.5, 0.6) is 0 Å². The number of hydrogen-bond donors (Lipinski definition) is 4. The molecule has 1 rings (SSSR count). The lowest BCUT2D eigenvalue weighted by Crippen LogP contribution is -2.61. The maximum absolute atomic E-state index is 10.7. The van der Waals surface area contributed by atoms with E-state index < -0.39 is 47.1 Å². The summed E-state index contributed by atoms with van der Waals surface area (Å²) in [4.78, 5) is 10.7. The molecule has 1 heterocycles. The number of rotatable bonds is 4. The molecule has 1 aliphatic heterocycles. The number of carboxylic acid groups (broad SMARTS) is 1. The topological polar surface area (TPSA) is 160 Å². The van der Waals surface area contributed by atoms with Gasteiger partial charge in [0.25, 0.3) is 0 Å². The van der Waals surface area contributed by atoms with E-state index in [9.17, 15) is 23.4 Å². The standard InChI is InChI=1S/C7H12O10S/c1-15-7-5(17-18(12,13)14)3(9)2(8)4(16-7)6(10)11/h2-5,7-9H,1H3,(H,10,11)(H,12,13,14). The highest BCUT2D eigenvalue weighted by molar-refractivity contribution is 7.80. The molecular weight excluding hydrogens is 276 g/mol. The summed E-state index contributed by atoms with van der Waals surface area (Å²) in [5.41, 5.74) is 0. The van der Waals surface area contributed by atoms with Crippen LogP contribution in [0.15, 0.2) is 0 Å². The molecule has 11 heteroatoms. The molecule has 0 saturated carbocycles. The number of methoxy groups -OCH3 is 1. The maximum atomic E-state index is 10.7. The molecule has 0 aliphatic carbocycles. The molecule has 0 amide bonds. The van der Waals surface area contributed by atoms with Crippen molar-refractivity contribution in [1.29, 1.82) is 0 Å². The zero-order valence-corrected chi connectivity index (χ0v) is 9.85. The number of carboxylic acids is 1. The predicted octanol–water partition coefficient (Wildman–Crippen LogP) is -2.65. The molecule has 0 aromatic heterocycles. The van der Waals surface area contributed by atoms with Crippen molar-refractivity contribution in [2.45, 2.75) is 30.7 Å². The first-order chi connectivity index (χ1) is 8.17. The van der Waals surface area contributed by atoms with Gasteiger partial charge in [-0.05, 0) is 0 Å². The first kappa shape index (κ1) is 15.2. The molecule has 0 aromatic carbocycles. The van der Waals surface area contributed by atoms with Crippen molar-refractivity contribution in [2.24, 2.45) is 0 Å². The number of aliphatic hydroxyl groups excluding tert-OH is 2. The number of aliphatic carboxylic acids is 1. The summed E-state index contributed by atoms with van der Waals surface area (Å²) in [6.07, 6.45) is -9.08. The van der Waals surface area contributed by atoms with E-state index in [0.29, 0.717) is 0 Å². The van der Waals surface area contributed by atoms with Gasteiger partial charge < -0.3 is 24.8 Å². The van der Waals surface area contributed by atoms with Crippen LogP contribution in [0.2, 0.25) is 0 Å². The second-order valence-corrected chi connectivity index (χ2v) is 4.52. The van der Waals surface area contributed by atoms with Gasteiger partial charge in [-0.2, -0.15) is 8.42 Å². The van der Waals surface area contributed by atoms with Gasteiger partial charge in [0.1, 0.15) is 12.2 Å². The highest BCUT2D eigenvalue weighted by Gasteiger charge is 2.50. The Morgan fingerprint density at radius 3 is 2.22 bits per heavy atom. The fraction of sp³-hybridized carbons (Fsp3) is 0.857. The zero-order chi connectivity index (χ0) is 14.1. The summed E-state index contributed by atoms with van der Waals surface area (Å²) in [7, 11) is -3.90. The van der Waals surface area contributed by atoms with E-state index >= 15 is 0 Å². The summed E-state index contributed by atoms with van der Waals surface area (Å²) < 4.78 is 42.9. The van der Waals surface area contributed by atoms with Crippen molar-refractivity contribution in [1.82, 2.24) is 0 Å². The van der Waals surface area contributed by atoms with Crippen LogP contribution in [-0.2, 0) is 28.9 Å². The van der Waals surface area contributed by atoms with Gasteiger partial charge in [-0.15, -0.1) is 0 Å². The Morgan fingerprint density at radius 1 is 1.28 bits per heavy atom. The Hall–Kier alpha value is -0.820. The fourth-order valence-electron chi connectivity index (χ4n) is 1.47. The molecule has 1 fully saturated rings. The van der Waals surface area contributed by atoms with Gasteiger partial charge in [-0.25, -0.2) is 8.98 Å². The molecule has 5 unspecified atom stereocenters. The van der Waals surface area contributed by atoms with E-state index in [1.807, 2.05) is 0 Å². The lowest BCUT2D eigenvalue weighted by Gasteiger charge is -2.39.